The Hall–Kier alpha value is -1.35. The minimum Gasteiger partial charge on any atom is -0.490 e. The van der Waals surface area contributed by atoms with Crippen molar-refractivity contribution in [2.45, 2.75) is 12.5 Å². The number of halogens is 2. The van der Waals surface area contributed by atoms with E-state index in [9.17, 15) is 4.79 Å². The van der Waals surface area contributed by atoms with Crippen LogP contribution >= 0.6 is 43.2 Å². The van der Waals surface area contributed by atoms with Gasteiger partial charge in [0.25, 0.3) is 0 Å². The van der Waals surface area contributed by atoms with Crippen LogP contribution in [0.4, 0.5) is 5.82 Å². The number of anilines is 1. The quantitative estimate of drug-likeness (QED) is 0.433. The highest BCUT2D eigenvalue weighted by atomic mass is 79.9. The summed E-state index contributed by atoms with van der Waals surface area (Å²) in [6.07, 6.45) is 0.935. The zero-order valence-electron chi connectivity index (χ0n) is 13.8. The monoisotopic (exact) mass is 497 g/mol. The Morgan fingerprint density at radius 1 is 1.27 bits per heavy atom. The van der Waals surface area contributed by atoms with Crippen molar-refractivity contribution in [3.8, 4) is 5.75 Å². The SMILES string of the molecule is O=c1cc(NCCCNC2COc3c(Br)cc(Br)cc32)[nH]c2ccsc12. The standard InChI is InChI=1S/C18H17Br2N3O2S/c19-10-6-11-14(9-25-17(11)12(20)7-10)21-3-1-4-22-16-8-15(24)18-13(23-16)2-5-26-18/h2,5-8,14,21H,1,3-4,9H2,(H2,22,23,24). The number of aromatic amines is 1. The van der Waals surface area contributed by atoms with Gasteiger partial charge in [0.2, 0.25) is 5.43 Å². The maximum absolute atomic E-state index is 12.0. The van der Waals surface area contributed by atoms with Gasteiger partial charge in [-0.05, 0) is 52.5 Å². The number of rotatable bonds is 6. The zero-order chi connectivity index (χ0) is 18.1. The fourth-order valence-electron chi connectivity index (χ4n) is 3.08. The van der Waals surface area contributed by atoms with Gasteiger partial charge in [-0.1, -0.05) is 15.9 Å². The van der Waals surface area contributed by atoms with Crippen molar-refractivity contribution >= 4 is 59.2 Å². The predicted molar refractivity (Wildman–Crippen MR) is 114 cm³/mol. The second kappa shape index (κ2) is 7.72. The van der Waals surface area contributed by atoms with E-state index in [1.165, 1.54) is 16.9 Å². The second-order valence-electron chi connectivity index (χ2n) is 6.11. The fraction of sp³-hybridized carbons (Fsp3) is 0.278. The lowest BCUT2D eigenvalue weighted by Gasteiger charge is -2.12. The smallest absolute Gasteiger partial charge is 0.201 e. The van der Waals surface area contributed by atoms with Gasteiger partial charge in [0.15, 0.2) is 0 Å². The van der Waals surface area contributed by atoms with Crippen LogP contribution in [-0.2, 0) is 0 Å². The van der Waals surface area contributed by atoms with Crippen molar-refractivity contribution in [3.05, 3.63) is 54.4 Å². The Morgan fingerprint density at radius 3 is 3.04 bits per heavy atom. The molecule has 1 aliphatic heterocycles. The van der Waals surface area contributed by atoms with Gasteiger partial charge in [0.1, 0.15) is 18.2 Å². The summed E-state index contributed by atoms with van der Waals surface area (Å²) in [5.74, 6) is 1.69. The Labute approximate surface area is 171 Å². The molecule has 3 aromatic rings. The summed E-state index contributed by atoms with van der Waals surface area (Å²) in [5.41, 5.74) is 2.12. The molecule has 1 aromatic carbocycles. The Bertz CT molecular complexity index is 1000. The molecule has 136 valence electrons. The average molecular weight is 499 g/mol. The molecule has 26 heavy (non-hydrogen) atoms. The Balaban J connectivity index is 1.29. The molecule has 1 aliphatic rings. The zero-order valence-corrected chi connectivity index (χ0v) is 17.8. The van der Waals surface area contributed by atoms with Crippen LogP contribution in [0, 0.1) is 0 Å². The third-order valence-corrected chi connectivity index (χ3v) is 6.28. The lowest BCUT2D eigenvalue weighted by Crippen LogP contribution is -2.25. The molecule has 0 aliphatic carbocycles. The molecule has 1 unspecified atom stereocenters. The van der Waals surface area contributed by atoms with Gasteiger partial charge in [-0.2, -0.15) is 0 Å². The van der Waals surface area contributed by atoms with E-state index < -0.39 is 0 Å². The summed E-state index contributed by atoms with van der Waals surface area (Å²) in [6, 6.07) is 7.85. The van der Waals surface area contributed by atoms with Crippen molar-refractivity contribution in [2.75, 3.05) is 25.0 Å². The number of ether oxygens (including phenoxy) is 1. The molecule has 8 heteroatoms. The molecular weight excluding hydrogens is 482 g/mol. The van der Waals surface area contributed by atoms with Crippen molar-refractivity contribution in [1.82, 2.24) is 10.3 Å². The molecule has 0 bridgehead atoms. The van der Waals surface area contributed by atoms with Crippen LogP contribution < -0.4 is 20.8 Å². The molecule has 3 heterocycles. The summed E-state index contributed by atoms with van der Waals surface area (Å²) in [4.78, 5) is 15.3. The van der Waals surface area contributed by atoms with Crippen LogP contribution in [0.5, 0.6) is 5.75 Å². The molecule has 2 aromatic heterocycles. The van der Waals surface area contributed by atoms with Gasteiger partial charge < -0.3 is 20.4 Å². The first-order valence-corrected chi connectivity index (χ1v) is 10.8. The highest BCUT2D eigenvalue weighted by Gasteiger charge is 2.26. The molecule has 0 saturated carbocycles. The Morgan fingerprint density at radius 2 is 2.15 bits per heavy atom. The summed E-state index contributed by atoms with van der Waals surface area (Å²) in [5, 5.41) is 8.76. The van der Waals surface area contributed by atoms with Crippen molar-refractivity contribution in [2.24, 2.45) is 0 Å². The fourth-order valence-corrected chi connectivity index (χ4v) is 5.21. The van der Waals surface area contributed by atoms with E-state index in [2.05, 4.69) is 53.5 Å². The number of benzene rings is 1. The highest BCUT2D eigenvalue weighted by molar-refractivity contribution is 9.11. The van der Waals surface area contributed by atoms with Crippen LogP contribution in [0.15, 0.2) is 43.4 Å². The number of nitrogens with one attached hydrogen (secondary N) is 3. The van der Waals surface area contributed by atoms with Crippen LogP contribution in [0.1, 0.15) is 18.0 Å². The van der Waals surface area contributed by atoms with Crippen molar-refractivity contribution < 1.29 is 4.74 Å². The van der Waals surface area contributed by atoms with E-state index in [4.69, 9.17) is 4.74 Å². The first kappa shape index (κ1) is 18.0. The Kier molecular flexibility index (Phi) is 5.35. The average Bonchev–Trinajstić information content (AvgIpc) is 3.22. The molecule has 0 fully saturated rings. The minimum absolute atomic E-state index is 0.0604. The van der Waals surface area contributed by atoms with Gasteiger partial charge in [0, 0.05) is 22.6 Å². The van der Waals surface area contributed by atoms with Gasteiger partial charge in [-0.3, -0.25) is 4.79 Å². The van der Waals surface area contributed by atoms with Gasteiger partial charge in [0.05, 0.1) is 20.7 Å². The van der Waals surface area contributed by atoms with Crippen molar-refractivity contribution in [1.29, 1.82) is 0 Å². The van der Waals surface area contributed by atoms with Gasteiger partial charge >= 0.3 is 0 Å². The molecule has 0 saturated heterocycles. The maximum atomic E-state index is 12.0. The van der Waals surface area contributed by atoms with E-state index in [0.717, 1.165) is 50.2 Å². The molecule has 3 N–H and O–H groups in total. The summed E-state index contributed by atoms with van der Waals surface area (Å²) in [6.45, 7) is 2.27. The van der Waals surface area contributed by atoms with E-state index in [0.29, 0.717) is 6.61 Å². The second-order valence-corrected chi connectivity index (χ2v) is 8.80. The molecule has 4 rings (SSSR count). The number of aromatic nitrogens is 1. The topological polar surface area (TPSA) is 66.2 Å². The predicted octanol–water partition coefficient (Wildman–Crippen LogP) is 4.64. The van der Waals surface area contributed by atoms with E-state index in [1.54, 1.807) is 6.07 Å². The largest absolute Gasteiger partial charge is 0.490 e. The van der Waals surface area contributed by atoms with Crippen LogP contribution in [0.25, 0.3) is 10.2 Å². The number of fused-ring (bicyclic) bond motifs is 2. The number of thiophene rings is 1. The highest BCUT2D eigenvalue weighted by Crippen LogP contribution is 2.40. The summed E-state index contributed by atoms with van der Waals surface area (Å²) < 4.78 is 8.57. The lowest BCUT2D eigenvalue weighted by molar-refractivity contribution is 0.310. The first-order chi connectivity index (χ1) is 12.6. The van der Waals surface area contributed by atoms with E-state index >= 15 is 0 Å². The van der Waals surface area contributed by atoms with Crippen LogP contribution in [-0.4, -0.2) is 24.7 Å². The van der Waals surface area contributed by atoms with Crippen LogP contribution in [0.2, 0.25) is 0 Å². The lowest BCUT2D eigenvalue weighted by atomic mass is 10.1. The normalized spacial score (nSPS) is 15.8. The summed E-state index contributed by atoms with van der Waals surface area (Å²) in [7, 11) is 0. The number of H-pyrrole nitrogens is 1. The van der Waals surface area contributed by atoms with Gasteiger partial charge in [-0.25, -0.2) is 0 Å². The third kappa shape index (κ3) is 3.69. The molecule has 1 atom stereocenters. The van der Waals surface area contributed by atoms with Crippen molar-refractivity contribution in [3.63, 3.8) is 0 Å². The molecule has 5 nitrogen and oxygen atoms in total. The number of hydrogen-bond donors (Lipinski definition) is 3. The molecule has 0 spiro atoms. The van der Waals surface area contributed by atoms with E-state index in [-0.39, 0.29) is 11.5 Å². The minimum atomic E-state index is 0.0604. The first-order valence-electron chi connectivity index (χ1n) is 8.31. The number of pyridine rings is 1. The van der Waals surface area contributed by atoms with Gasteiger partial charge in [-0.15, -0.1) is 11.3 Å². The molecule has 0 radical (unpaired) electrons. The summed E-state index contributed by atoms with van der Waals surface area (Å²) >= 11 is 8.54. The third-order valence-electron chi connectivity index (χ3n) is 4.30. The van der Waals surface area contributed by atoms with Crippen LogP contribution in [0.3, 0.4) is 0 Å². The molecular formula is C18H17Br2N3O2S. The number of hydrogen-bond acceptors (Lipinski definition) is 5. The van der Waals surface area contributed by atoms with E-state index in [1.807, 2.05) is 17.5 Å². The maximum Gasteiger partial charge on any atom is 0.201 e. The molecule has 0 amide bonds.